The third-order valence-electron chi connectivity index (χ3n) is 14.6. The number of carbonyl (C=O) groups excluding carboxylic acids is 4. The zero-order valence-electron chi connectivity index (χ0n) is 41.5. The number of nitrogens with one attached hydrogen (secondary N) is 6. The predicted molar refractivity (Wildman–Crippen MR) is 285 cm³/mol. The van der Waals surface area contributed by atoms with Crippen LogP contribution in [0.4, 0.5) is 8.78 Å². The maximum Gasteiger partial charge on any atom is 0.255 e. The van der Waals surface area contributed by atoms with Crippen molar-refractivity contribution < 1.29 is 41.9 Å². The van der Waals surface area contributed by atoms with Crippen molar-refractivity contribution in [2.24, 2.45) is 5.92 Å². The third-order valence-corrected chi connectivity index (χ3v) is 14.6. The lowest BCUT2D eigenvalue weighted by Crippen LogP contribution is -2.68. The number of aliphatic hydroxyl groups excluding tert-OH is 1. The van der Waals surface area contributed by atoms with Crippen molar-refractivity contribution >= 4 is 67.4 Å². The Kier molecular flexibility index (Phi) is 12.2. The van der Waals surface area contributed by atoms with Gasteiger partial charge in [-0.1, -0.05) is 24.3 Å². The second-order valence-corrected chi connectivity index (χ2v) is 20.1. The molecule has 0 atom stereocenters. The molecule has 0 radical (unpaired) electrons. The van der Waals surface area contributed by atoms with Crippen molar-refractivity contribution in [3.05, 3.63) is 168 Å². The summed E-state index contributed by atoms with van der Waals surface area (Å²) in [4.78, 5) is 58.8. The Bertz CT molecular complexity index is 3890. The van der Waals surface area contributed by atoms with Gasteiger partial charge in [0.2, 0.25) is 0 Å². The van der Waals surface area contributed by atoms with Gasteiger partial charge in [-0.2, -0.15) is 0 Å². The number of amides is 4. The molecule has 10 aromatic rings. The van der Waals surface area contributed by atoms with Crippen molar-refractivity contribution in [2.75, 3.05) is 20.7 Å². The van der Waals surface area contributed by atoms with E-state index in [1.54, 1.807) is 62.8 Å². The second-order valence-electron chi connectivity index (χ2n) is 20.1. The Morgan fingerprint density at radius 2 is 1.05 bits per heavy atom. The predicted octanol–water partition coefficient (Wildman–Crippen LogP) is 11.7. The van der Waals surface area contributed by atoms with Crippen molar-refractivity contribution in [3.63, 3.8) is 0 Å². The van der Waals surface area contributed by atoms with Crippen molar-refractivity contribution in [1.82, 2.24) is 31.2 Å². The van der Waals surface area contributed by atoms with Crippen LogP contribution in [0.15, 0.2) is 143 Å². The molecule has 4 aromatic heterocycles. The number of carbonyl (C=O) groups is 4. The quantitative estimate of drug-likeness (QED) is 0.0632. The molecule has 2 bridgehead atoms. The first-order valence-corrected chi connectivity index (χ1v) is 24.7. The number of H-pyrrole nitrogens is 2. The molecule has 4 heterocycles. The SMILES string of the molecule is CNC(=O)c1c(-c2ccc(F)cc2)oc2c1cc(-c1cccc(C(=O)NC(C)(C)CCO)c1)c1[nH]ccc12.CNC(=O)c1c(-c2ccc(F)cc2)oc2c1cc(-c1cccc(C(=O)NC34CC(C3)C4)c1)c1[nH]ccc12. The molecule has 4 amide bonds. The highest BCUT2D eigenvalue weighted by atomic mass is 19.1. The van der Waals surface area contributed by atoms with E-state index in [9.17, 15) is 33.1 Å². The van der Waals surface area contributed by atoms with Gasteiger partial charge in [0.15, 0.2) is 0 Å². The van der Waals surface area contributed by atoms with Gasteiger partial charge in [-0.05, 0) is 154 Å². The normalized spacial score (nSPS) is 15.7. The van der Waals surface area contributed by atoms with Gasteiger partial charge in [0, 0.05) is 99.1 Å². The van der Waals surface area contributed by atoms with E-state index in [0.29, 0.717) is 73.3 Å². The smallest absolute Gasteiger partial charge is 0.255 e. The molecule has 0 spiro atoms. The minimum absolute atomic E-state index is 0.000644. The molecule has 3 aliphatic rings. The molecule has 0 aliphatic heterocycles. The zero-order valence-corrected chi connectivity index (χ0v) is 41.5. The highest BCUT2D eigenvalue weighted by Gasteiger charge is 2.57. The van der Waals surface area contributed by atoms with E-state index >= 15 is 0 Å². The molecule has 3 aliphatic carbocycles. The molecule has 75 heavy (non-hydrogen) atoms. The minimum Gasteiger partial charge on any atom is -0.454 e. The Morgan fingerprint density at radius 3 is 1.47 bits per heavy atom. The molecule has 6 aromatic carbocycles. The summed E-state index contributed by atoms with van der Waals surface area (Å²) in [5.41, 5.74) is 8.42. The largest absolute Gasteiger partial charge is 0.454 e. The monoisotopic (exact) mass is 1010 g/mol. The van der Waals surface area contributed by atoms with Gasteiger partial charge in [-0.15, -0.1) is 0 Å². The van der Waals surface area contributed by atoms with Crippen LogP contribution in [0.3, 0.4) is 0 Å². The van der Waals surface area contributed by atoms with Gasteiger partial charge >= 0.3 is 0 Å². The number of hydrogen-bond acceptors (Lipinski definition) is 7. The summed E-state index contributed by atoms with van der Waals surface area (Å²) in [7, 11) is 3.12. The van der Waals surface area contributed by atoms with Crippen LogP contribution >= 0.6 is 0 Å². The summed E-state index contributed by atoms with van der Waals surface area (Å²) >= 11 is 0. The molecular weight excluding hydrogens is 955 g/mol. The van der Waals surface area contributed by atoms with E-state index in [-0.39, 0.29) is 47.4 Å². The van der Waals surface area contributed by atoms with Crippen molar-refractivity contribution in [1.29, 1.82) is 0 Å². The molecule has 13 rings (SSSR count). The Morgan fingerprint density at radius 1 is 0.600 bits per heavy atom. The number of aromatic nitrogens is 2. The van der Waals surface area contributed by atoms with Gasteiger partial charge in [0.05, 0.1) is 22.2 Å². The summed E-state index contributed by atoms with van der Waals surface area (Å²) < 4.78 is 39.8. The van der Waals surface area contributed by atoms with Gasteiger partial charge in [0.25, 0.3) is 23.6 Å². The lowest BCUT2D eigenvalue weighted by atomic mass is 9.50. The number of benzene rings is 6. The van der Waals surface area contributed by atoms with Crippen LogP contribution < -0.4 is 21.3 Å². The lowest BCUT2D eigenvalue weighted by Gasteiger charge is -2.61. The van der Waals surface area contributed by atoms with Crippen LogP contribution in [-0.2, 0) is 0 Å². The number of furan rings is 2. The molecule has 13 nitrogen and oxygen atoms in total. The Hall–Kier alpha value is -8.82. The zero-order chi connectivity index (χ0) is 52.3. The fraction of sp³-hybridized carbons (Fsp3) is 0.200. The summed E-state index contributed by atoms with van der Waals surface area (Å²) in [5.74, 6) is -0.185. The van der Waals surface area contributed by atoms with E-state index in [1.165, 1.54) is 24.3 Å². The van der Waals surface area contributed by atoms with Gasteiger partial charge in [-0.3, -0.25) is 19.2 Å². The summed E-state index contributed by atoms with van der Waals surface area (Å²) in [6.07, 6.45) is 7.29. The average Bonchev–Trinajstić information content (AvgIpc) is 4.28. The summed E-state index contributed by atoms with van der Waals surface area (Å²) in [6, 6.07) is 34.1. The highest BCUT2D eigenvalue weighted by molar-refractivity contribution is 6.21. The van der Waals surface area contributed by atoms with E-state index < -0.39 is 5.54 Å². The van der Waals surface area contributed by atoms with Gasteiger partial charge in [0.1, 0.15) is 34.3 Å². The van der Waals surface area contributed by atoms with E-state index in [4.69, 9.17) is 8.83 Å². The number of rotatable bonds is 12. The number of aliphatic hydroxyl groups is 1. The van der Waals surface area contributed by atoms with Crippen LogP contribution in [-0.4, -0.2) is 70.5 Å². The molecule has 3 fully saturated rings. The number of halogens is 2. The topological polar surface area (TPSA) is 194 Å². The van der Waals surface area contributed by atoms with Crippen LogP contribution in [0.1, 0.15) is 81.0 Å². The lowest BCUT2D eigenvalue weighted by molar-refractivity contribution is -0.0438. The maximum atomic E-state index is 13.6. The van der Waals surface area contributed by atoms with Crippen LogP contribution in [0.5, 0.6) is 0 Å². The van der Waals surface area contributed by atoms with E-state index in [2.05, 4.69) is 31.2 Å². The highest BCUT2D eigenvalue weighted by Crippen LogP contribution is 2.57. The van der Waals surface area contributed by atoms with Crippen LogP contribution in [0.25, 0.3) is 88.6 Å². The second kappa shape index (κ2) is 18.9. The van der Waals surface area contributed by atoms with E-state index in [1.807, 2.05) is 74.6 Å². The first kappa shape index (κ1) is 48.4. The maximum absolute atomic E-state index is 13.6. The third kappa shape index (κ3) is 8.78. The molecule has 0 unspecified atom stereocenters. The van der Waals surface area contributed by atoms with Crippen molar-refractivity contribution in [2.45, 2.75) is 50.6 Å². The minimum atomic E-state index is -0.566. The number of aromatic amines is 2. The Balaban J connectivity index is 0.000000161. The molecule has 378 valence electrons. The molecule has 3 saturated carbocycles. The number of hydrogen-bond donors (Lipinski definition) is 7. The van der Waals surface area contributed by atoms with E-state index in [0.717, 1.165) is 69.2 Å². The number of fused-ring (bicyclic) bond motifs is 6. The first-order chi connectivity index (χ1) is 36.2. The fourth-order valence-electron chi connectivity index (χ4n) is 10.6. The van der Waals surface area contributed by atoms with Gasteiger partial charge in [-0.25, -0.2) is 8.78 Å². The Labute approximate surface area is 428 Å². The summed E-state index contributed by atoms with van der Waals surface area (Å²) in [5, 5.41) is 23.7. The first-order valence-electron chi connectivity index (χ1n) is 24.7. The van der Waals surface area contributed by atoms with Crippen LogP contribution in [0, 0.1) is 17.6 Å². The molecular formula is C60H52F2N6O7. The van der Waals surface area contributed by atoms with Crippen LogP contribution in [0.2, 0.25) is 0 Å². The summed E-state index contributed by atoms with van der Waals surface area (Å²) in [6.45, 7) is 3.69. The van der Waals surface area contributed by atoms with Gasteiger partial charge < -0.3 is 45.2 Å². The molecule has 7 N–H and O–H groups in total. The van der Waals surface area contributed by atoms with Crippen molar-refractivity contribution in [3.8, 4) is 44.9 Å². The average molecular weight is 1010 g/mol. The standard InChI is InChI=1S/C30H28FN3O4.C30H24FN3O3/c1-30(2,12-14-35)34-28(36)19-6-4-5-18(15-19)22-16-23-24(29(37)32-3)26(17-7-9-20(31)10-8-17)38-27(23)21-11-13-33-25(21)22;1-32-29(36)24-23-12-22(18-3-2-4-19(11-18)28(35)34-30-13-16(14-30)15-30)25-21(9-10-33-25)27(23)37-26(24)17-5-7-20(31)8-6-17/h4-11,13,15-16,33,35H,12,14H2,1-3H3,(H,32,37)(H,34,36);2-12,16,33H,13-15H2,1H3,(H,32,36)(H,34,35). The molecule has 0 saturated heterocycles. The fourth-order valence-corrected chi connectivity index (χ4v) is 10.6. The molecule has 15 heteroatoms.